The van der Waals surface area contributed by atoms with E-state index < -0.39 is 10.0 Å². The van der Waals surface area contributed by atoms with Crippen molar-refractivity contribution in [1.82, 2.24) is 19.9 Å². The van der Waals surface area contributed by atoms with Crippen LogP contribution in [-0.2, 0) is 10.0 Å². The van der Waals surface area contributed by atoms with Crippen LogP contribution in [0.1, 0.15) is 36.8 Å². The van der Waals surface area contributed by atoms with Gasteiger partial charge in [-0.2, -0.15) is 12.2 Å². The summed E-state index contributed by atoms with van der Waals surface area (Å²) in [6.07, 6.45) is 14.5. The Bertz CT molecular complexity index is 1310. The van der Waals surface area contributed by atoms with Gasteiger partial charge in [-0.05, 0) is 64.0 Å². The number of methoxy groups -OCH3 is 1. The predicted octanol–water partition coefficient (Wildman–Crippen LogP) is 4.68. The number of ether oxygens (including phenoxy) is 1. The van der Waals surface area contributed by atoms with Crippen molar-refractivity contribution in [3.05, 3.63) is 66.2 Å². The van der Waals surface area contributed by atoms with Gasteiger partial charge < -0.3 is 15.0 Å². The van der Waals surface area contributed by atoms with E-state index in [4.69, 9.17) is 16.5 Å². The van der Waals surface area contributed by atoms with Gasteiger partial charge in [0.15, 0.2) is 0 Å². The molecule has 0 unspecified atom stereocenters. The van der Waals surface area contributed by atoms with Crippen molar-refractivity contribution < 1.29 is 13.2 Å². The summed E-state index contributed by atoms with van der Waals surface area (Å²) in [5.74, 6) is 1.10. The SMILES string of the molecule is COc1cc(N(Cl)S(=O)(=O)c2cccnc2)ccc1/C=C/c1cnc(NC2CCC(N(C)C)CC2)nc1. The first-order valence-electron chi connectivity index (χ1n) is 12.0. The maximum Gasteiger partial charge on any atom is 0.279 e. The molecule has 0 radical (unpaired) electrons. The number of hydrogen-bond acceptors (Lipinski definition) is 8. The number of halogens is 1. The molecule has 196 valence electrons. The van der Waals surface area contributed by atoms with Crippen LogP contribution >= 0.6 is 11.8 Å². The molecule has 4 rings (SSSR count). The van der Waals surface area contributed by atoms with E-state index >= 15 is 0 Å². The molecule has 0 saturated heterocycles. The van der Waals surface area contributed by atoms with Gasteiger partial charge in [0.05, 0.1) is 12.8 Å². The van der Waals surface area contributed by atoms with E-state index in [0.717, 1.165) is 24.0 Å². The highest BCUT2D eigenvalue weighted by molar-refractivity contribution is 7.94. The number of hydrogen-bond donors (Lipinski definition) is 1. The summed E-state index contributed by atoms with van der Waals surface area (Å²) in [7, 11) is 1.82. The van der Waals surface area contributed by atoms with Crippen LogP contribution in [0.2, 0.25) is 0 Å². The van der Waals surface area contributed by atoms with E-state index in [-0.39, 0.29) is 10.6 Å². The van der Waals surface area contributed by atoms with Crippen molar-refractivity contribution in [2.24, 2.45) is 0 Å². The summed E-state index contributed by atoms with van der Waals surface area (Å²) < 4.78 is 31.8. The van der Waals surface area contributed by atoms with Crippen LogP contribution in [0.15, 0.2) is 60.0 Å². The number of sulfonamides is 1. The molecule has 1 aliphatic carbocycles. The Hall–Kier alpha value is -3.21. The van der Waals surface area contributed by atoms with Crippen molar-refractivity contribution in [2.45, 2.75) is 42.7 Å². The van der Waals surface area contributed by atoms with Crippen LogP contribution in [0.4, 0.5) is 11.6 Å². The Morgan fingerprint density at radius 1 is 1.05 bits per heavy atom. The third-order valence-corrected chi connectivity index (χ3v) is 8.66. The average Bonchev–Trinajstić information content (AvgIpc) is 2.93. The molecule has 0 aliphatic heterocycles. The third kappa shape index (κ3) is 6.57. The molecule has 0 amide bonds. The molecular formula is C26H31ClN6O3S. The van der Waals surface area contributed by atoms with Crippen LogP contribution in [0, 0.1) is 0 Å². The first kappa shape index (κ1) is 26.8. The lowest BCUT2D eigenvalue weighted by molar-refractivity contribution is 0.221. The summed E-state index contributed by atoms with van der Waals surface area (Å²) in [5, 5.41) is 3.45. The minimum atomic E-state index is -3.97. The summed E-state index contributed by atoms with van der Waals surface area (Å²) in [6.45, 7) is 0. The maximum atomic E-state index is 12.8. The molecule has 1 aromatic carbocycles. The fourth-order valence-electron chi connectivity index (χ4n) is 4.28. The highest BCUT2D eigenvalue weighted by Crippen LogP contribution is 2.32. The molecule has 37 heavy (non-hydrogen) atoms. The van der Waals surface area contributed by atoms with Crippen molar-refractivity contribution in [2.75, 3.05) is 30.3 Å². The van der Waals surface area contributed by atoms with Crippen LogP contribution < -0.4 is 13.9 Å². The zero-order valence-electron chi connectivity index (χ0n) is 21.1. The van der Waals surface area contributed by atoms with Gasteiger partial charge in [-0.25, -0.2) is 9.97 Å². The van der Waals surface area contributed by atoms with E-state index in [2.05, 4.69) is 39.3 Å². The second-order valence-electron chi connectivity index (χ2n) is 9.12. The lowest BCUT2D eigenvalue weighted by Crippen LogP contribution is -2.36. The molecule has 9 nitrogen and oxygen atoms in total. The van der Waals surface area contributed by atoms with Gasteiger partial charge in [-0.1, -0.05) is 12.2 Å². The molecule has 1 saturated carbocycles. The monoisotopic (exact) mass is 542 g/mol. The molecule has 1 fully saturated rings. The Morgan fingerprint density at radius 2 is 1.78 bits per heavy atom. The number of nitrogens with one attached hydrogen (secondary N) is 1. The van der Waals surface area contributed by atoms with Crippen molar-refractivity contribution in [3.63, 3.8) is 0 Å². The Labute approximate surface area is 223 Å². The largest absolute Gasteiger partial charge is 0.496 e. The smallest absolute Gasteiger partial charge is 0.279 e. The average molecular weight is 543 g/mol. The van der Waals surface area contributed by atoms with Gasteiger partial charge in [0.1, 0.15) is 10.6 Å². The highest BCUT2D eigenvalue weighted by Gasteiger charge is 2.25. The predicted molar refractivity (Wildman–Crippen MR) is 147 cm³/mol. The zero-order chi connectivity index (χ0) is 26.4. The van der Waals surface area contributed by atoms with Crippen molar-refractivity contribution in [1.29, 1.82) is 0 Å². The molecule has 3 aromatic rings. The molecule has 1 aliphatic rings. The Morgan fingerprint density at radius 3 is 2.41 bits per heavy atom. The topological polar surface area (TPSA) is 101 Å². The van der Waals surface area contributed by atoms with E-state index in [1.54, 1.807) is 30.6 Å². The molecule has 2 heterocycles. The van der Waals surface area contributed by atoms with Gasteiger partial charge in [0.25, 0.3) is 10.0 Å². The molecule has 1 N–H and O–H groups in total. The van der Waals surface area contributed by atoms with Gasteiger partial charge in [-0.15, -0.1) is 0 Å². The van der Waals surface area contributed by atoms with Gasteiger partial charge in [0, 0.05) is 65.8 Å². The van der Waals surface area contributed by atoms with E-state index in [1.165, 1.54) is 44.5 Å². The van der Waals surface area contributed by atoms with Crippen molar-refractivity contribution >= 4 is 45.6 Å². The van der Waals surface area contributed by atoms with Crippen LogP contribution in [0.25, 0.3) is 12.2 Å². The fourth-order valence-corrected chi connectivity index (χ4v) is 5.65. The summed E-state index contributed by atoms with van der Waals surface area (Å²) in [5.41, 5.74) is 1.82. The van der Waals surface area contributed by atoms with E-state index in [1.807, 2.05) is 12.2 Å². The second-order valence-corrected chi connectivity index (χ2v) is 11.4. The van der Waals surface area contributed by atoms with E-state index in [9.17, 15) is 8.42 Å². The minimum Gasteiger partial charge on any atom is -0.496 e. The summed E-state index contributed by atoms with van der Waals surface area (Å²) >= 11 is 6.21. The highest BCUT2D eigenvalue weighted by atomic mass is 35.5. The molecule has 0 spiro atoms. The number of aromatic nitrogens is 3. The van der Waals surface area contributed by atoms with Crippen LogP contribution in [-0.4, -0.2) is 61.6 Å². The number of nitrogens with zero attached hydrogens (tertiary/aromatic N) is 5. The fraction of sp³-hybridized carbons (Fsp3) is 0.346. The van der Waals surface area contributed by atoms with Crippen molar-refractivity contribution in [3.8, 4) is 5.75 Å². The lowest BCUT2D eigenvalue weighted by atomic mass is 9.91. The quantitative estimate of drug-likeness (QED) is 0.389. The molecule has 0 atom stereocenters. The maximum absolute atomic E-state index is 12.8. The number of benzene rings is 1. The Kier molecular flexibility index (Phi) is 8.63. The molecule has 2 aromatic heterocycles. The number of rotatable bonds is 9. The molecule has 0 bridgehead atoms. The zero-order valence-corrected chi connectivity index (χ0v) is 22.7. The number of anilines is 2. The second kappa shape index (κ2) is 11.9. The minimum absolute atomic E-state index is 0.00730. The van der Waals surface area contributed by atoms with Crippen LogP contribution in [0.3, 0.4) is 0 Å². The summed E-state index contributed by atoms with van der Waals surface area (Å²) in [6, 6.07) is 8.92. The number of pyridine rings is 1. The first-order valence-corrected chi connectivity index (χ1v) is 13.8. The summed E-state index contributed by atoms with van der Waals surface area (Å²) in [4.78, 5) is 15.1. The third-order valence-electron chi connectivity index (χ3n) is 6.45. The Balaban J connectivity index is 1.41. The molecular weight excluding hydrogens is 512 g/mol. The lowest BCUT2D eigenvalue weighted by Gasteiger charge is -2.32. The van der Waals surface area contributed by atoms with Gasteiger partial charge >= 0.3 is 0 Å². The van der Waals surface area contributed by atoms with Gasteiger partial charge in [0.2, 0.25) is 5.95 Å². The standard InChI is InChI=1S/C26H31ClN6O3S/c1-32(2)22-12-9-21(10-13-22)31-26-29-16-19(17-30-26)6-7-20-8-11-23(15-25(20)36-3)33(27)37(34,35)24-5-4-14-28-18-24/h4-8,11,14-18,21-22H,9-10,12-13H2,1-3H3,(H,29,30,31)/b7-6+. The first-order chi connectivity index (χ1) is 17.8. The van der Waals surface area contributed by atoms with Crippen LogP contribution in [0.5, 0.6) is 5.75 Å². The van der Waals surface area contributed by atoms with E-state index in [0.29, 0.717) is 27.6 Å². The normalized spacial score (nSPS) is 18.2. The van der Waals surface area contributed by atoms with Gasteiger partial charge in [-0.3, -0.25) is 4.98 Å². The molecule has 11 heteroatoms.